The fourth-order valence-electron chi connectivity index (χ4n) is 2.83. The van der Waals surface area contributed by atoms with Crippen LogP contribution in [0.5, 0.6) is 0 Å². The smallest absolute Gasteiger partial charge is 0.315 e. The molecule has 0 aromatic rings. The van der Waals surface area contributed by atoms with Gasteiger partial charge in [0.2, 0.25) is 0 Å². The monoisotopic (exact) mass is 270 g/mol. The van der Waals surface area contributed by atoms with E-state index in [-0.39, 0.29) is 6.03 Å². The Kier molecular flexibility index (Phi) is 5.45. The molecule has 3 N–H and O–H groups in total. The van der Waals surface area contributed by atoms with Gasteiger partial charge >= 0.3 is 6.03 Å². The van der Waals surface area contributed by atoms with Crippen molar-refractivity contribution in [1.29, 1.82) is 0 Å². The molecule has 0 bridgehead atoms. The van der Waals surface area contributed by atoms with Crippen molar-refractivity contribution in [2.45, 2.75) is 63.0 Å². The average Bonchev–Trinajstić information content (AvgIpc) is 2.66. The number of hydrogen-bond donors (Lipinski definition) is 3. The predicted octanol–water partition coefficient (Wildman–Crippen LogP) is 1.55. The Bertz CT molecular complexity index is 282. The van der Waals surface area contributed by atoms with E-state index >= 15 is 0 Å². The van der Waals surface area contributed by atoms with Crippen LogP contribution in [-0.4, -0.2) is 42.5 Å². The molecule has 1 saturated carbocycles. The summed E-state index contributed by atoms with van der Waals surface area (Å²) in [5.41, 5.74) is -0.793. The number of aliphatic hydroxyl groups is 1. The van der Waals surface area contributed by atoms with Crippen LogP contribution in [0, 0.1) is 0 Å². The first kappa shape index (κ1) is 14.6. The molecule has 110 valence electrons. The number of rotatable bonds is 3. The normalized spacial score (nSPS) is 24.5. The molecule has 1 aliphatic heterocycles. The predicted molar refractivity (Wildman–Crippen MR) is 73.0 cm³/mol. The van der Waals surface area contributed by atoms with Crippen LogP contribution in [0.1, 0.15) is 51.4 Å². The Balaban J connectivity index is 1.68. The van der Waals surface area contributed by atoms with Gasteiger partial charge in [0, 0.05) is 38.6 Å². The van der Waals surface area contributed by atoms with Gasteiger partial charge in [0.05, 0.1) is 5.60 Å². The minimum Gasteiger partial charge on any atom is -0.388 e. The first-order valence-corrected chi connectivity index (χ1v) is 7.52. The zero-order chi connectivity index (χ0) is 13.6. The molecule has 0 aromatic carbocycles. The molecule has 0 aromatic heterocycles. The van der Waals surface area contributed by atoms with Crippen molar-refractivity contribution in [2.24, 2.45) is 0 Å². The molecule has 1 aliphatic carbocycles. The molecule has 0 unspecified atom stereocenters. The van der Waals surface area contributed by atoms with Crippen LogP contribution >= 0.6 is 0 Å². The summed E-state index contributed by atoms with van der Waals surface area (Å²) in [6.45, 7) is 1.46. The van der Waals surface area contributed by atoms with Gasteiger partial charge in [0.1, 0.15) is 0 Å². The Morgan fingerprint density at radius 2 is 1.79 bits per heavy atom. The van der Waals surface area contributed by atoms with Gasteiger partial charge in [0.25, 0.3) is 0 Å². The molecular formula is C14H26N2O3. The van der Waals surface area contributed by atoms with Crippen LogP contribution in [-0.2, 0) is 4.74 Å². The zero-order valence-electron chi connectivity index (χ0n) is 11.6. The minimum atomic E-state index is -0.793. The Morgan fingerprint density at radius 3 is 2.42 bits per heavy atom. The number of nitrogens with one attached hydrogen (secondary N) is 2. The van der Waals surface area contributed by atoms with Crippen molar-refractivity contribution in [3.8, 4) is 0 Å². The Hall–Kier alpha value is -0.810. The molecule has 5 heteroatoms. The summed E-state index contributed by atoms with van der Waals surface area (Å²) in [6, 6.07) is 0.152. The van der Waals surface area contributed by atoms with Gasteiger partial charge in [0.15, 0.2) is 0 Å². The molecule has 2 aliphatic rings. The van der Waals surface area contributed by atoms with Crippen molar-refractivity contribution in [1.82, 2.24) is 10.6 Å². The molecule has 0 radical (unpaired) electrons. The molecular weight excluding hydrogens is 244 g/mol. The summed E-state index contributed by atoms with van der Waals surface area (Å²) in [6.07, 6.45) is 8.29. The highest BCUT2D eigenvalue weighted by atomic mass is 16.5. The van der Waals surface area contributed by atoms with Crippen molar-refractivity contribution in [2.75, 3.05) is 19.8 Å². The first-order chi connectivity index (χ1) is 9.18. The molecule has 2 fully saturated rings. The van der Waals surface area contributed by atoms with Crippen LogP contribution in [0.3, 0.4) is 0 Å². The van der Waals surface area contributed by atoms with E-state index in [1.807, 2.05) is 0 Å². The lowest BCUT2D eigenvalue weighted by molar-refractivity contribution is -0.0600. The second-order valence-electron chi connectivity index (χ2n) is 5.85. The number of carbonyl (C=O) groups is 1. The summed E-state index contributed by atoms with van der Waals surface area (Å²) in [4.78, 5) is 11.8. The molecule has 0 spiro atoms. The Morgan fingerprint density at radius 1 is 1.16 bits per heavy atom. The van der Waals surface area contributed by atoms with E-state index in [2.05, 4.69) is 10.6 Å². The number of ether oxygens (including phenoxy) is 1. The highest BCUT2D eigenvalue weighted by Gasteiger charge is 2.30. The Labute approximate surface area is 115 Å². The first-order valence-electron chi connectivity index (χ1n) is 7.52. The zero-order valence-corrected chi connectivity index (χ0v) is 11.6. The lowest BCUT2D eigenvalue weighted by Gasteiger charge is -2.32. The lowest BCUT2D eigenvalue weighted by atomic mass is 9.94. The molecule has 19 heavy (non-hydrogen) atoms. The van der Waals surface area contributed by atoms with E-state index in [4.69, 9.17) is 4.74 Å². The maximum atomic E-state index is 11.8. The van der Waals surface area contributed by atoms with Gasteiger partial charge in [-0.1, -0.05) is 25.7 Å². The summed E-state index contributed by atoms with van der Waals surface area (Å²) in [5.74, 6) is 0. The summed E-state index contributed by atoms with van der Waals surface area (Å²) in [7, 11) is 0. The third-order valence-electron chi connectivity index (χ3n) is 4.19. The standard InChI is InChI=1S/C14H26N2O3/c17-13(16-12-5-3-1-2-4-6-12)15-11-14(18)7-9-19-10-8-14/h12,18H,1-11H2,(H2,15,16,17). The number of urea groups is 1. The fourth-order valence-corrected chi connectivity index (χ4v) is 2.83. The third-order valence-corrected chi connectivity index (χ3v) is 4.19. The quantitative estimate of drug-likeness (QED) is 0.681. The van der Waals surface area contributed by atoms with Gasteiger partial charge in [-0.25, -0.2) is 4.79 Å². The van der Waals surface area contributed by atoms with Crippen molar-refractivity contribution < 1.29 is 14.6 Å². The molecule has 1 saturated heterocycles. The summed E-state index contributed by atoms with van der Waals surface area (Å²) < 4.78 is 5.22. The van der Waals surface area contributed by atoms with Gasteiger partial charge in [-0.15, -0.1) is 0 Å². The van der Waals surface area contributed by atoms with Crippen LogP contribution in [0.15, 0.2) is 0 Å². The van der Waals surface area contributed by atoms with Gasteiger partial charge < -0.3 is 20.5 Å². The largest absolute Gasteiger partial charge is 0.388 e. The SMILES string of the molecule is O=C(NCC1(O)CCOCC1)NC1CCCCCC1. The van der Waals surface area contributed by atoms with Gasteiger partial charge in [-0.05, 0) is 12.8 Å². The van der Waals surface area contributed by atoms with E-state index in [0.717, 1.165) is 12.8 Å². The van der Waals surface area contributed by atoms with Crippen molar-refractivity contribution in [3.63, 3.8) is 0 Å². The molecule has 5 nitrogen and oxygen atoms in total. The van der Waals surface area contributed by atoms with E-state index < -0.39 is 5.60 Å². The topological polar surface area (TPSA) is 70.6 Å². The van der Waals surface area contributed by atoms with Crippen LogP contribution in [0.4, 0.5) is 4.79 Å². The molecule has 1 heterocycles. The van der Waals surface area contributed by atoms with Crippen LogP contribution in [0.25, 0.3) is 0 Å². The van der Waals surface area contributed by atoms with E-state index in [0.29, 0.717) is 38.6 Å². The number of amides is 2. The average molecular weight is 270 g/mol. The van der Waals surface area contributed by atoms with E-state index in [9.17, 15) is 9.90 Å². The minimum absolute atomic E-state index is 0.146. The summed E-state index contributed by atoms with van der Waals surface area (Å²) >= 11 is 0. The van der Waals surface area contributed by atoms with Crippen molar-refractivity contribution >= 4 is 6.03 Å². The fraction of sp³-hybridized carbons (Fsp3) is 0.929. The highest BCUT2D eigenvalue weighted by molar-refractivity contribution is 5.74. The number of carbonyl (C=O) groups excluding carboxylic acids is 1. The van der Waals surface area contributed by atoms with Crippen LogP contribution < -0.4 is 10.6 Å². The number of hydrogen-bond acceptors (Lipinski definition) is 3. The highest BCUT2D eigenvalue weighted by Crippen LogP contribution is 2.19. The summed E-state index contributed by atoms with van der Waals surface area (Å²) in [5, 5.41) is 16.1. The lowest BCUT2D eigenvalue weighted by Crippen LogP contribution is -2.50. The van der Waals surface area contributed by atoms with Gasteiger partial charge in [-0.3, -0.25) is 0 Å². The van der Waals surface area contributed by atoms with E-state index in [1.54, 1.807) is 0 Å². The maximum absolute atomic E-state index is 11.8. The molecule has 0 atom stereocenters. The molecule has 2 rings (SSSR count). The van der Waals surface area contributed by atoms with Gasteiger partial charge in [-0.2, -0.15) is 0 Å². The third kappa shape index (κ3) is 4.99. The maximum Gasteiger partial charge on any atom is 0.315 e. The van der Waals surface area contributed by atoms with E-state index in [1.165, 1.54) is 25.7 Å². The van der Waals surface area contributed by atoms with Crippen molar-refractivity contribution in [3.05, 3.63) is 0 Å². The molecule has 2 amide bonds. The second kappa shape index (κ2) is 7.10. The van der Waals surface area contributed by atoms with Crippen LogP contribution in [0.2, 0.25) is 0 Å². The second-order valence-corrected chi connectivity index (χ2v) is 5.85.